The van der Waals surface area contributed by atoms with E-state index in [9.17, 15) is 4.39 Å². The van der Waals surface area contributed by atoms with Gasteiger partial charge in [-0.05, 0) is 61.3 Å². The smallest absolute Gasteiger partial charge is 0.167 e. The Balaban J connectivity index is 2.31. The summed E-state index contributed by atoms with van der Waals surface area (Å²) in [6.07, 6.45) is 0.992. The van der Waals surface area contributed by atoms with Crippen LogP contribution in [0.5, 0.6) is 0 Å². The van der Waals surface area contributed by atoms with Crippen LogP contribution in [-0.4, -0.2) is 11.2 Å². The van der Waals surface area contributed by atoms with Gasteiger partial charge in [-0.15, -0.1) is 0 Å². The van der Waals surface area contributed by atoms with E-state index in [1.54, 1.807) is 12.1 Å². The predicted molar refractivity (Wildman–Crippen MR) is 98.1 cm³/mol. The van der Waals surface area contributed by atoms with E-state index in [2.05, 4.69) is 41.8 Å². The first-order valence-electron chi connectivity index (χ1n) is 7.91. The number of rotatable bonds is 5. The van der Waals surface area contributed by atoms with Crippen molar-refractivity contribution in [3.8, 4) is 0 Å². The Kier molecular flexibility index (Phi) is 6.11. The molecule has 0 radical (unpaired) electrons. The van der Waals surface area contributed by atoms with Crippen molar-refractivity contribution in [2.45, 2.75) is 39.3 Å². The standard InChI is InChI=1S/C19H23FN2S/c1-4-14-8-10-15(11-9-14)18(22-19(23)21-13(2)3)16-6-5-7-17(20)12-16/h5-13,18H,4H2,1-3H3,(H2,21,22,23)/t18-/m0/s1. The van der Waals surface area contributed by atoms with Gasteiger partial charge >= 0.3 is 0 Å². The summed E-state index contributed by atoms with van der Waals surface area (Å²) in [5.74, 6) is -0.248. The van der Waals surface area contributed by atoms with Gasteiger partial charge in [-0.2, -0.15) is 0 Å². The Morgan fingerprint density at radius 3 is 2.30 bits per heavy atom. The van der Waals surface area contributed by atoms with Crippen LogP contribution in [0.4, 0.5) is 4.39 Å². The average Bonchev–Trinajstić information content (AvgIpc) is 2.52. The highest BCUT2D eigenvalue weighted by Gasteiger charge is 2.16. The third-order valence-electron chi connectivity index (χ3n) is 3.60. The van der Waals surface area contributed by atoms with Gasteiger partial charge in [0, 0.05) is 6.04 Å². The first-order valence-corrected chi connectivity index (χ1v) is 8.31. The molecule has 0 saturated heterocycles. The number of nitrogens with one attached hydrogen (secondary N) is 2. The lowest BCUT2D eigenvalue weighted by molar-refractivity contribution is 0.619. The maximum Gasteiger partial charge on any atom is 0.167 e. The minimum Gasteiger partial charge on any atom is -0.361 e. The molecule has 0 unspecified atom stereocenters. The molecule has 2 N–H and O–H groups in total. The highest BCUT2D eigenvalue weighted by molar-refractivity contribution is 7.80. The first kappa shape index (κ1) is 17.4. The fourth-order valence-electron chi connectivity index (χ4n) is 2.43. The fourth-order valence-corrected chi connectivity index (χ4v) is 2.78. The summed E-state index contributed by atoms with van der Waals surface area (Å²) < 4.78 is 13.6. The van der Waals surface area contributed by atoms with Crippen LogP contribution in [0.1, 0.15) is 43.5 Å². The van der Waals surface area contributed by atoms with Gasteiger partial charge in [-0.1, -0.05) is 43.3 Å². The summed E-state index contributed by atoms with van der Waals surface area (Å²) in [5, 5.41) is 7.04. The quantitative estimate of drug-likeness (QED) is 0.797. The lowest BCUT2D eigenvalue weighted by atomic mass is 9.97. The van der Waals surface area contributed by atoms with E-state index >= 15 is 0 Å². The van der Waals surface area contributed by atoms with Gasteiger partial charge in [-0.25, -0.2) is 4.39 Å². The number of halogens is 1. The first-order chi connectivity index (χ1) is 11.0. The molecule has 4 heteroatoms. The Morgan fingerprint density at radius 1 is 1.04 bits per heavy atom. The van der Waals surface area contributed by atoms with Crippen LogP contribution >= 0.6 is 12.2 Å². The number of thiocarbonyl (C=S) groups is 1. The predicted octanol–water partition coefficient (Wildman–Crippen LogP) is 4.35. The maximum atomic E-state index is 13.6. The van der Waals surface area contributed by atoms with Gasteiger partial charge < -0.3 is 10.6 Å². The van der Waals surface area contributed by atoms with E-state index in [4.69, 9.17) is 12.2 Å². The molecule has 122 valence electrons. The van der Waals surface area contributed by atoms with Crippen molar-refractivity contribution < 1.29 is 4.39 Å². The molecule has 0 bridgehead atoms. The molecule has 2 aromatic rings. The molecule has 0 aliphatic rings. The second kappa shape index (κ2) is 8.06. The maximum absolute atomic E-state index is 13.6. The van der Waals surface area contributed by atoms with E-state index in [1.165, 1.54) is 11.6 Å². The molecule has 0 fully saturated rings. The molecular formula is C19H23FN2S. The minimum absolute atomic E-state index is 0.185. The molecule has 0 aromatic heterocycles. The highest BCUT2D eigenvalue weighted by atomic mass is 32.1. The minimum atomic E-state index is -0.248. The zero-order valence-corrected chi connectivity index (χ0v) is 14.6. The van der Waals surface area contributed by atoms with Gasteiger partial charge in [0.25, 0.3) is 0 Å². The molecular weight excluding hydrogens is 307 g/mol. The third kappa shape index (κ3) is 5.03. The average molecular weight is 330 g/mol. The van der Waals surface area contributed by atoms with Gasteiger partial charge in [0.2, 0.25) is 0 Å². The van der Waals surface area contributed by atoms with Gasteiger partial charge in [0.1, 0.15) is 5.82 Å². The molecule has 1 atom stereocenters. The highest BCUT2D eigenvalue weighted by Crippen LogP contribution is 2.23. The summed E-state index contributed by atoms with van der Waals surface area (Å²) in [6, 6.07) is 15.0. The molecule has 0 aliphatic heterocycles. The second-order valence-corrected chi connectivity index (χ2v) is 6.26. The van der Waals surface area contributed by atoms with Crippen LogP contribution in [-0.2, 0) is 6.42 Å². The molecule has 23 heavy (non-hydrogen) atoms. The molecule has 0 saturated carbocycles. The number of hydrogen-bond acceptors (Lipinski definition) is 1. The lowest BCUT2D eigenvalue weighted by Gasteiger charge is -2.23. The van der Waals surface area contributed by atoms with Crippen LogP contribution in [0.3, 0.4) is 0 Å². The number of hydrogen-bond donors (Lipinski definition) is 2. The fraction of sp³-hybridized carbons (Fsp3) is 0.316. The Hall–Kier alpha value is -1.94. The van der Waals surface area contributed by atoms with Gasteiger partial charge in [0.15, 0.2) is 5.11 Å². The SMILES string of the molecule is CCc1ccc([C@H](NC(=S)NC(C)C)c2cccc(F)c2)cc1. The Morgan fingerprint density at radius 2 is 1.74 bits per heavy atom. The summed E-state index contributed by atoms with van der Waals surface area (Å²) >= 11 is 5.37. The van der Waals surface area contributed by atoms with E-state index < -0.39 is 0 Å². The van der Waals surface area contributed by atoms with Crippen molar-refractivity contribution in [1.82, 2.24) is 10.6 Å². The van der Waals surface area contributed by atoms with E-state index in [-0.39, 0.29) is 17.9 Å². The van der Waals surface area contributed by atoms with Crippen molar-refractivity contribution in [2.24, 2.45) is 0 Å². The van der Waals surface area contributed by atoms with Crippen LogP contribution in [0, 0.1) is 5.82 Å². The van der Waals surface area contributed by atoms with Crippen LogP contribution in [0.15, 0.2) is 48.5 Å². The normalized spacial score (nSPS) is 12.0. The molecule has 2 rings (SSSR count). The van der Waals surface area contributed by atoms with E-state index in [1.807, 2.05) is 19.9 Å². The zero-order chi connectivity index (χ0) is 16.8. The van der Waals surface area contributed by atoms with Crippen LogP contribution in [0.25, 0.3) is 0 Å². The molecule has 0 aliphatic carbocycles. The van der Waals surface area contributed by atoms with E-state index in [0.29, 0.717) is 5.11 Å². The lowest BCUT2D eigenvalue weighted by Crippen LogP contribution is -2.41. The van der Waals surface area contributed by atoms with Crippen molar-refractivity contribution in [3.05, 3.63) is 71.0 Å². The van der Waals surface area contributed by atoms with Gasteiger partial charge in [-0.3, -0.25) is 0 Å². The summed E-state index contributed by atoms with van der Waals surface area (Å²) in [4.78, 5) is 0. The summed E-state index contributed by atoms with van der Waals surface area (Å²) in [7, 11) is 0. The molecule has 0 amide bonds. The Bertz CT molecular complexity index is 653. The number of benzene rings is 2. The second-order valence-electron chi connectivity index (χ2n) is 5.86. The molecule has 0 heterocycles. The molecule has 2 aromatic carbocycles. The van der Waals surface area contributed by atoms with Gasteiger partial charge in [0.05, 0.1) is 6.04 Å². The van der Waals surface area contributed by atoms with E-state index in [0.717, 1.165) is 17.5 Å². The topological polar surface area (TPSA) is 24.1 Å². The van der Waals surface area contributed by atoms with Crippen molar-refractivity contribution in [1.29, 1.82) is 0 Å². The van der Waals surface area contributed by atoms with Crippen molar-refractivity contribution >= 4 is 17.3 Å². The van der Waals surface area contributed by atoms with Crippen LogP contribution < -0.4 is 10.6 Å². The molecule has 0 spiro atoms. The number of aryl methyl sites for hydroxylation is 1. The van der Waals surface area contributed by atoms with Crippen LogP contribution in [0.2, 0.25) is 0 Å². The van der Waals surface area contributed by atoms with Crippen molar-refractivity contribution in [3.63, 3.8) is 0 Å². The summed E-state index contributed by atoms with van der Waals surface area (Å²) in [5.41, 5.74) is 3.18. The largest absolute Gasteiger partial charge is 0.361 e. The molecule has 2 nitrogen and oxygen atoms in total. The summed E-state index contributed by atoms with van der Waals surface area (Å²) in [6.45, 7) is 6.18. The van der Waals surface area contributed by atoms with Crippen molar-refractivity contribution in [2.75, 3.05) is 0 Å². The zero-order valence-electron chi connectivity index (χ0n) is 13.8. The Labute approximate surface area is 143 Å². The third-order valence-corrected chi connectivity index (χ3v) is 3.83. The monoisotopic (exact) mass is 330 g/mol.